The van der Waals surface area contributed by atoms with Gasteiger partial charge < -0.3 is 15.2 Å². The molecule has 1 atom stereocenters. The van der Waals surface area contributed by atoms with Gasteiger partial charge in [0.2, 0.25) is 0 Å². The quantitative estimate of drug-likeness (QED) is 0.510. The van der Waals surface area contributed by atoms with Crippen molar-refractivity contribution in [1.82, 2.24) is 14.9 Å². The number of rotatable bonds is 2. The van der Waals surface area contributed by atoms with E-state index >= 15 is 0 Å². The molecule has 1 unspecified atom stereocenters. The van der Waals surface area contributed by atoms with E-state index in [2.05, 4.69) is 33.5 Å². The van der Waals surface area contributed by atoms with Crippen LogP contribution in [0.15, 0.2) is 73.1 Å². The Kier molecular flexibility index (Phi) is 4.28. The minimum absolute atomic E-state index is 0.105. The molecule has 2 aromatic carbocycles. The molecule has 0 saturated heterocycles. The third kappa shape index (κ3) is 3.14. The highest BCUT2D eigenvalue weighted by Gasteiger charge is 2.34. The van der Waals surface area contributed by atoms with E-state index in [0.29, 0.717) is 6.54 Å². The molecule has 0 saturated carbocycles. The van der Waals surface area contributed by atoms with Crippen LogP contribution in [0, 0.1) is 6.92 Å². The molecule has 5 nitrogen and oxygen atoms in total. The number of benzene rings is 2. The number of fused-ring (bicyclic) bond motifs is 3. The summed E-state index contributed by atoms with van der Waals surface area (Å²) in [5.41, 5.74) is 6.43. The van der Waals surface area contributed by atoms with Gasteiger partial charge in [0.05, 0.1) is 0 Å². The topological polar surface area (TPSA) is 61.0 Å². The number of amides is 2. The van der Waals surface area contributed by atoms with Crippen molar-refractivity contribution in [1.29, 1.82) is 0 Å². The van der Waals surface area contributed by atoms with Crippen LogP contribution in [0.2, 0.25) is 0 Å². The molecule has 0 bridgehead atoms. The molecule has 4 aromatic rings. The lowest BCUT2D eigenvalue weighted by atomic mass is 9.93. The zero-order valence-electron chi connectivity index (χ0n) is 16.2. The summed E-state index contributed by atoms with van der Waals surface area (Å²) in [6.45, 7) is 2.68. The average Bonchev–Trinajstić information content (AvgIpc) is 3.14. The molecule has 0 spiro atoms. The standard InChI is InChI=1S/C24H22N4O/c1-16-8-10-18(11-9-16)26-24(29)28-14-12-20-19-6-2-3-7-21(19)27-22(20)23(28)17-5-4-13-25-15-17/h2-11,13,15,23,27H,12,14H2,1H3,(H,26,29). The molecule has 144 valence electrons. The lowest BCUT2D eigenvalue weighted by Gasteiger charge is -2.36. The molecule has 2 aromatic heterocycles. The third-order valence-electron chi connectivity index (χ3n) is 5.60. The Balaban J connectivity index is 1.56. The maximum Gasteiger partial charge on any atom is 0.322 e. The number of hydrogen-bond donors (Lipinski definition) is 2. The number of anilines is 1. The molecule has 1 aliphatic rings. The number of carbonyl (C=O) groups is 1. The van der Waals surface area contributed by atoms with E-state index in [-0.39, 0.29) is 12.1 Å². The predicted octanol–water partition coefficient (Wildman–Crippen LogP) is 5.05. The first-order valence-corrected chi connectivity index (χ1v) is 9.84. The molecule has 2 amide bonds. The van der Waals surface area contributed by atoms with Gasteiger partial charge in [-0.3, -0.25) is 4.98 Å². The molecule has 0 fully saturated rings. The number of aromatic nitrogens is 2. The number of aromatic amines is 1. The maximum absolute atomic E-state index is 13.2. The summed E-state index contributed by atoms with van der Waals surface area (Å²) in [5, 5.41) is 4.29. The minimum atomic E-state index is -0.203. The van der Waals surface area contributed by atoms with Crippen molar-refractivity contribution in [2.24, 2.45) is 0 Å². The van der Waals surface area contributed by atoms with E-state index in [0.717, 1.165) is 34.4 Å². The average molecular weight is 382 g/mol. The number of hydrogen-bond acceptors (Lipinski definition) is 2. The van der Waals surface area contributed by atoms with E-state index < -0.39 is 0 Å². The lowest BCUT2D eigenvalue weighted by molar-refractivity contribution is 0.193. The molecule has 0 aliphatic carbocycles. The van der Waals surface area contributed by atoms with E-state index in [1.54, 1.807) is 6.20 Å². The second-order valence-corrected chi connectivity index (χ2v) is 7.49. The Bertz CT molecular complexity index is 1160. The Hall–Kier alpha value is -3.60. The van der Waals surface area contributed by atoms with Crippen LogP contribution in [0.4, 0.5) is 10.5 Å². The number of urea groups is 1. The van der Waals surface area contributed by atoms with Crippen molar-refractivity contribution in [2.45, 2.75) is 19.4 Å². The normalized spacial score (nSPS) is 15.9. The number of para-hydroxylation sites is 1. The van der Waals surface area contributed by atoms with E-state index in [1.165, 1.54) is 10.9 Å². The lowest BCUT2D eigenvalue weighted by Crippen LogP contribution is -2.43. The fourth-order valence-corrected chi connectivity index (χ4v) is 4.18. The Labute approximate surface area is 169 Å². The second-order valence-electron chi connectivity index (χ2n) is 7.49. The van der Waals surface area contributed by atoms with Crippen LogP contribution in [0.1, 0.15) is 28.4 Å². The summed E-state index contributed by atoms with van der Waals surface area (Å²) >= 11 is 0. The first-order chi connectivity index (χ1) is 14.2. The van der Waals surface area contributed by atoms with Crippen LogP contribution in [0.25, 0.3) is 10.9 Å². The fraction of sp³-hybridized carbons (Fsp3) is 0.167. The Morgan fingerprint density at radius 2 is 1.93 bits per heavy atom. The van der Waals surface area contributed by atoms with E-state index in [4.69, 9.17) is 0 Å². The van der Waals surface area contributed by atoms with Gasteiger partial charge in [-0.1, -0.05) is 42.0 Å². The number of H-pyrrole nitrogens is 1. The maximum atomic E-state index is 13.2. The molecule has 3 heterocycles. The van der Waals surface area contributed by atoms with Gasteiger partial charge in [0, 0.05) is 41.2 Å². The molecule has 5 rings (SSSR count). The molecular formula is C24H22N4O. The summed E-state index contributed by atoms with van der Waals surface area (Å²) in [7, 11) is 0. The number of nitrogens with zero attached hydrogens (tertiary/aromatic N) is 2. The summed E-state index contributed by atoms with van der Waals surface area (Å²) in [5.74, 6) is 0. The molecule has 0 radical (unpaired) electrons. The number of pyridine rings is 1. The number of carbonyl (C=O) groups excluding carboxylic acids is 1. The highest BCUT2D eigenvalue weighted by atomic mass is 16.2. The van der Waals surface area contributed by atoms with Crippen molar-refractivity contribution in [3.8, 4) is 0 Å². The van der Waals surface area contributed by atoms with Crippen LogP contribution < -0.4 is 5.32 Å². The van der Waals surface area contributed by atoms with Gasteiger partial charge in [-0.25, -0.2) is 4.79 Å². The zero-order valence-corrected chi connectivity index (χ0v) is 16.2. The predicted molar refractivity (Wildman–Crippen MR) is 115 cm³/mol. The van der Waals surface area contributed by atoms with E-state index in [9.17, 15) is 4.79 Å². The molecule has 29 heavy (non-hydrogen) atoms. The van der Waals surface area contributed by atoms with Crippen LogP contribution in [-0.2, 0) is 6.42 Å². The monoisotopic (exact) mass is 382 g/mol. The summed E-state index contributed by atoms with van der Waals surface area (Å²) in [4.78, 5) is 23.0. The number of nitrogens with one attached hydrogen (secondary N) is 2. The first-order valence-electron chi connectivity index (χ1n) is 9.84. The van der Waals surface area contributed by atoms with Crippen molar-refractivity contribution < 1.29 is 4.79 Å². The third-order valence-corrected chi connectivity index (χ3v) is 5.60. The zero-order chi connectivity index (χ0) is 19.8. The van der Waals surface area contributed by atoms with Crippen molar-refractivity contribution in [3.05, 3.63) is 95.4 Å². The molecule has 2 N–H and O–H groups in total. The highest BCUT2D eigenvalue weighted by Crippen LogP contribution is 2.38. The van der Waals surface area contributed by atoms with Crippen LogP contribution in [0.3, 0.4) is 0 Å². The summed E-state index contributed by atoms with van der Waals surface area (Å²) in [6.07, 6.45) is 4.42. The Morgan fingerprint density at radius 1 is 1.10 bits per heavy atom. The minimum Gasteiger partial charge on any atom is -0.356 e. The van der Waals surface area contributed by atoms with Crippen molar-refractivity contribution in [2.75, 3.05) is 11.9 Å². The van der Waals surface area contributed by atoms with Gasteiger partial charge in [0.1, 0.15) is 6.04 Å². The molecule has 5 heteroatoms. The van der Waals surface area contributed by atoms with Crippen LogP contribution in [-0.4, -0.2) is 27.4 Å². The van der Waals surface area contributed by atoms with Crippen molar-refractivity contribution in [3.63, 3.8) is 0 Å². The van der Waals surface area contributed by atoms with Crippen LogP contribution >= 0.6 is 0 Å². The number of aryl methyl sites for hydroxylation is 1. The fourth-order valence-electron chi connectivity index (χ4n) is 4.18. The van der Waals surface area contributed by atoms with Gasteiger partial charge in [-0.15, -0.1) is 0 Å². The van der Waals surface area contributed by atoms with Crippen LogP contribution in [0.5, 0.6) is 0 Å². The summed E-state index contributed by atoms with van der Waals surface area (Å²) < 4.78 is 0. The largest absolute Gasteiger partial charge is 0.356 e. The van der Waals surface area contributed by atoms with Gasteiger partial charge >= 0.3 is 6.03 Å². The van der Waals surface area contributed by atoms with Gasteiger partial charge in [-0.05, 0) is 48.7 Å². The summed E-state index contributed by atoms with van der Waals surface area (Å²) in [6, 6.07) is 19.8. The van der Waals surface area contributed by atoms with E-state index in [1.807, 2.05) is 60.5 Å². The Morgan fingerprint density at radius 3 is 2.72 bits per heavy atom. The SMILES string of the molecule is Cc1ccc(NC(=O)N2CCc3c([nH]c4ccccc34)C2c2cccnc2)cc1. The van der Waals surface area contributed by atoms with Gasteiger partial charge in [0.15, 0.2) is 0 Å². The highest BCUT2D eigenvalue weighted by molar-refractivity contribution is 5.91. The molecular weight excluding hydrogens is 360 g/mol. The van der Waals surface area contributed by atoms with Gasteiger partial charge in [0.25, 0.3) is 0 Å². The van der Waals surface area contributed by atoms with Gasteiger partial charge in [-0.2, -0.15) is 0 Å². The second kappa shape index (κ2) is 7.09. The first kappa shape index (κ1) is 17.5. The smallest absolute Gasteiger partial charge is 0.322 e. The molecule has 1 aliphatic heterocycles. The van der Waals surface area contributed by atoms with Crippen molar-refractivity contribution >= 4 is 22.6 Å².